The second-order valence-electron chi connectivity index (χ2n) is 8.14. The fraction of sp³-hybridized carbons (Fsp3) is 0.600. The molecule has 0 aromatic carbocycles. The van der Waals surface area contributed by atoms with Gasteiger partial charge in [0, 0.05) is 39.0 Å². The number of hydrogen-bond acceptors (Lipinski definition) is 8. The van der Waals surface area contributed by atoms with Crippen molar-refractivity contribution in [2.75, 3.05) is 24.6 Å². The number of aryl methyl sites for hydroxylation is 2. The van der Waals surface area contributed by atoms with E-state index in [1.54, 1.807) is 32.4 Å². The zero-order valence-electron chi connectivity index (χ0n) is 17.0. The van der Waals surface area contributed by atoms with Crippen LogP contribution in [0.5, 0.6) is 0 Å². The van der Waals surface area contributed by atoms with E-state index in [9.17, 15) is 9.90 Å². The second kappa shape index (κ2) is 7.38. The Balaban J connectivity index is 1.48. The zero-order valence-corrected chi connectivity index (χ0v) is 17.0. The number of piperidine rings is 1. The first kappa shape index (κ1) is 19.8. The van der Waals surface area contributed by atoms with Crippen LogP contribution in [-0.4, -0.2) is 62.9 Å². The quantitative estimate of drug-likeness (QED) is 0.793. The molecule has 9 nitrogen and oxygen atoms in total. The maximum Gasteiger partial charge on any atom is 0.289 e. The third-order valence-corrected chi connectivity index (χ3v) is 6.10. The van der Waals surface area contributed by atoms with Gasteiger partial charge < -0.3 is 24.5 Å². The highest BCUT2D eigenvalue weighted by molar-refractivity contribution is 5.93. The standard InChI is InChI=1S/C20H27N5O4/c1-13-16(29-14(2)23-13)17(26)24-19(3)6-11-28-20(18(19)27)4-9-25(10-5-20)15-12-21-7-8-22-15/h7-8,12,18,27H,4-6,9-11H2,1-3H3,(H,24,26)/t18-,19+/m1/s1. The maximum absolute atomic E-state index is 12.8. The van der Waals surface area contributed by atoms with Gasteiger partial charge in [-0.1, -0.05) is 0 Å². The van der Waals surface area contributed by atoms with Crippen LogP contribution in [0, 0.1) is 13.8 Å². The number of aliphatic hydroxyl groups is 1. The van der Waals surface area contributed by atoms with E-state index in [-0.39, 0.29) is 11.7 Å². The number of hydrogen-bond donors (Lipinski definition) is 2. The van der Waals surface area contributed by atoms with Gasteiger partial charge in [0.25, 0.3) is 5.91 Å². The molecule has 0 radical (unpaired) electrons. The lowest BCUT2D eigenvalue weighted by Gasteiger charge is -2.53. The van der Waals surface area contributed by atoms with Crippen molar-refractivity contribution in [1.82, 2.24) is 20.3 Å². The summed E-state index contributed by atoms with van der Waals surface area (Å²) in [4.78, 5) is 27.6. The van der Waals surface area contributed by atoms with Gasteiger partial charge in [-0.3, -0.25) is 9.78 Å². The molecule has 0 bridgehead atoms. The highest BCUT2D eigenvalue weighted by Gasteiger charge is 2.54. The molecule has 156 valence electrons. The Hall–Kier alpha value is -2.52. The number of carbonyl (C=O) groups excluding carboxylic acids is 1. The number of aromatic nitrogens is 3. The van der Waals surface area contributed by atoms with Crippen molar-refractivity contribution in [2.24, 2.45) is 0 Å². The molecule has 4 rings (SSSR count). The van der Waals surface area contributed by atoms with Crippen LogP contribution in [0.2, 0.25) is 0 Å². The van der Waals surface area contributed by atoms with Crippen LogP contribution in [0.25, 0.3) is 0 Å². The summed E-state index contributed by atoms with van der Waals surface area (Å²) in [5.41, 5.74) is -0.986. The lowest BCUT2D eigenvalue weighted by Crippen LogP contribution is -2.69. The average molecular weight is 401 g/mol. The fourth-order valence-corrected chi connectivity index (χ4v) is 4.44. The van der Waals surface area contributed by atoms with Crippen molar-refractivity contribution in [3.63, 3.8) is 0 Å². The number of amides is 1. The van der Waals surface area contributed by atoms with E-state index in [1.165, 1.54) is 0 Å². The molecule has 2 N–H and O–H groups in total. The normalized spacial score (nSPS) is 26.5. The van der Waals surface area contributed by atoms with Crippen LogP contribution < -0.4 is 10.2 Å². The summed E-state index contributed by atoms with van der Waals surface area (Å²) in [7, 11) is 0. The van der Waals surface area contributed by atoms with Crippen LogP contribution in [0.3, 0.4) is 0 Å². The third-order valence-electron chi connectivity index (χ3n) is 6.10. The minimum Gasteiger partial charge on any atom is -0.436 e. The SMILES string of the molecule is Cc1nc(C)c(C(=O)N[C@@]2(C)CCOC3(CCN(c4cnccn4)CC3)[C@@H]2O)o1. The Kier molecular flexibility index (Phi) is 5.04. The Bertz CT molecular complexity index is 878. The first-order chi connectivity index (χ1) is 13.8. The van der Waals surface area contributed by atoms with E-state index in [0.717, 1.165) is 5.82 Å². The van der Waals surface area contributed by atoms with Gasteiger partial charge in [0.05, 0.1) is 23.0 Å². The smallest absolute Gasteiger partial charge is 0.289 e. The van der Waals surface area contributed by atoms with Crippen LogP contribution in [-0.2, 0) is 4.74 Å². The van der Waals surface area contributed by atoms with Gasteiger partial charge in [-0.15, -0.1) is 0 Å². The summed E-state index contributed by atoms with van der Waals surface area (Å²) in [6.45, 7) is 7.16. The van der Waals surface area contributed by atoms with Gasteiger partial charge in [-0.2, -0.15) is 0 Å². The first-order valence-electron chi connectivity index (χ1n) is 9.92. The van der Waals surface area contributed by atoms with Gasteiger partial charge in [0.15, 0.2) is 5.89 Å². The van der Waals surface area contributed by atoms with Gasteiger partial charge >= 0.3 is 0 Å². The number of nitrogens with zero attached hydrogens (tertiary/aromatic N) is 4. The molecule has 1 spiro atoms. The van der Waals surface area contributed by atoms with Crippen molar-refractivity contribution in [1.29, 1.82) is 0 Å². The number of oxazole rings is 1. The topological polar surface area (TPSA) is 114 Å². The van der Waals surface area contributed by atoms with Crippen LogP contribution >= 0.6 is 0 Å². The Labute approximate surface area is 169 Å². The summed E-state index contributed by atoms with van der Waals surface area (Å²) in [5, 5.41) is 14.3. The fourth-order valence-electron chi connectivity index (χ4n) is 4.44. The molecule has 29 heavy (non-hydrogen) atoms. The summed E-state index contributed by atoms with van der Waals surface area (Å²) < 4.78 is 11.6. The monoisotopic (exact) mass is 401 g/mol. The maximum atomic E-state index is 12.8. The van der Waals surface area contributed by atoms with Gasteiger partial charge in [-0.25, -0.2) is 9.97 Å². The molecule has 9 heteroatoms. The van der Waals surface area contributed by atoms with E-state index in [1.807, 2.05) is 6.92 Å². The van der Waals surface area contributed by atoms with E-state index in [4.69, 9.17) is 9.15 Å². The highest BCUT2D eigenvalue weighted by atomic mass is 16.5. The predicted octanol–water partition coefficient (Wildman–Crippen LogP) is 1.39. The number of ether oxygens (including phenoxy) is 1. The lowest BCUT2D eigenvalue weighted by molar-refractivity contribution is -0.195. The third kappa shape index (κ3) is 3.60. The number of rotatable bonds is 3. The van der Waals surface area contributed by atoms with E-state index in [2.05, 4.69) is 25.2 Å². The largest absolute Gasteiger partial charge is 0.436 e. The van der Waals surface area contributed by atoms with Crippen LogP contribution in [0.4, 0.5) is 5.82 Å². The van der Waals surface area contributed by atoms with Crippen molar-refractivity contribution >= 4 is 11.7 Å². The van der Waals surface area contributed by atoms with E-state index < -0.39 is 17.2 Å². The Morgan fingerprint density at radius 3 is 2.66 bits per heavy atom. The summed E-state index contributed by atoms with van der Waals surface area (Å²) in [5.74, 6) is 1.09. The number of nitrogens with one attached hydrogen (secondary N) is 1. The van der Waals surface area contributed by atoms with Gasteiger partial charge in [0.2, 0.25) is 5.76 Å². The number of carbonyl (C=O) groups is 1. The summed E-state index contributed by atoms with van der Waals surface area (Å²) in [6, 6.07) is 0. The molecule has 1 amide bonds. The van der Waals surface area contributed by atoms with E-state index in [0.29, 0.717) is 50.5 Å². The van der Waals surface area contributed by atoms with Crippen molar-refractivity contribution in [3.8, 4) is 0 Å². The molecule has 0 saturated carbocycles. The second-order valence-corrected chi connectivity index (χ2v) is 8.14. The molecule has 2 aromatic rings. The highest BCUT2D eigenvalue weighted by Crippen LogP contribution is 2.40. The van der Waals surface area contributed by atoms with E-state index >= 15 is 0 Å². The van der Waals surface area contributed by atoms with Crippen molar-refractivity contribution < 1.29 is 19.1 Å². The molecular formula is C20H27N5O4. The van der Waals surface area contributed by atoms with Gasteiger partial charge in [0.1, 0.15) is 11.9 Å². The molecule has 2 aromatic heterocycles. The average Bonchev–Trinajstić information content (AvgIpc) is 3.06. The molecule has 2 saturated heterocycles. The predicted molar refractivity (Wildman–Crippen MR) is 105 cm³/mol. The molecular weight excluding hydrogens is 374 g/mol. The van der Waals surface area contributed by atoms with Crippen molar-refractivity contribution in [2.45, 2.75) is 57.3 Å². The number of anilines is 1. The lowest BCUT2D eigenvalue weighted by atomic mass is 9.73. The Morgan fingerprint density at radius 1 is 1.28 bits per heavy atom. The molecule has 2 aliphatic rings. The zero-order chi connectivity index (χ0) is 20.6. The molecule has 2 aliphatic heterocycles. The molecule has 0 aliphatic carbocycles. The van der Waals surface area contributed by atoms with Gasteiger partial charge in [-0.05, 0) is 33.1 Å². The molecule has 2 fully saturated rings. The first-order valence-corrected chi connectivity index (χ1v) is 9.92. The minimum absolute atomic E-state index is 0.189. The minimum atomic E-state index is -0.846. The molecule has 0 unspecified atom stereocenters. The Morgan fingerprint density at radius 2 is 2.03 bits per heavy atom. The summed E-state index contributed by atoms with van der Waals surface area (Å²) in [6.07, 6.45) is 6.00. The van der Waals surface area contributed by atoms with Crippen LogP contribution in [0.1, 0.15) is 48.3 Å². The summed E-state index contributed by atoms with van der Waals surface area (Å²) >= 11 is 0. The van der Waals surface area contributed by atoms with Crippen molar-refractivity contribution in [3.05, 3.63) is 35.9 Å². The number of aliphatic hydroxyl groups excluding tert-OH is 1. The molecule has 4 heterocycles. The van der Waals surface area contributed by atoms with Crippen LogP contribution in [0.15, 0.2) is 23.0 Å². The molecule has 2 atom stereocenters.